The average Bonchev–Trinajstić information content (AvgIpc) is 2.42. The van der Waals surface area contributed by atoms with Crippen LogP contribution in [0.2, 0.25) is 0 Å². The van der Waals surface area contributed by atoms with E-state index in [1.165, 1.54) is 12.1 Å². The first-order valence-corrected chi connectivity index (χ1v) is 5.88. The van der Waals surface area contributed by atoms with E-state index in [0.29, 0.717) is 12.0 Å². The van der Waals surface area contributed by atoms with Crippen LogP contribution in [0.4, 0.5) is 8.78 Å². The molecular weight excluding hydrogens is 232 g/mol. The Morgan fingerprint density at radius 1 is 0.944 bits per heavy atom. The fourth-order valence-corrected chi connectivity index (χ4v) is 2.08. The summed E-state index contributed by atoms with van der Waals surface area (Å²) in [6.45, 7) is 1.92. The Morgan fingerprint density at radius 2 is 1.61 bits per heavy atom. The van der Waals surface area contributed by atoms with Crippen LogP contribution in [0, 0.1) is 11.6 Å². The number of rotatable bonds is 3. The third kappa shape index (κ3) is 2.14. The van der Waals surface area contributed by atoms with Gasteiger partial charge in [0.05, 0.1) is 5.54 Å². The minimum Gasteiger partial charge on any atom is -0.318 e. The molecule has 0 amide bonds. The van der Waals surface area contributed by atoms with Crippen LogP contribution in [0.1, 0.15) is 24.5 Å². The van der Waals surface area contributed by atoms with Gasteiger partial charge in [0.1, 0.15) is 0 Å². The highest BCUT2D eigenvalue weighted by Crippen LogP contribution is 2.30. The molecule has 1 atom stereocenters. The van der Waals surface area contributed by atoms with Gasteiger partial charge in [-0.1, -0.05) is 43.3 Å². The first-order valence-electron chi connectivity index (χ1n) is 5.88. The summed E-state index contributed by atoms with van der Waals surface area (Å²) in [5.41, 5.74) is 7.04. The molecule has 2 aromatic rings. The van der Waals surface area contributed by atoms with Crippen molar-refractivity contribution < 1.29 is 8.78 Å². The van der Waals surface area contributed by atoms with Gasteiger partial charge in [0.2, 0.25) is 0 Å². The van der Waals surface area contributed by atoms with Crippen molar-refractivity contribution in [3.8, 4) is 0 Å². The lowest BCUT2D eigenvalue weighted by Gasteiger charge is -2.29. The molecule has 1 unspecified atom stereocenters. The maximum absolute atomic E-state index is 13.3. The van der Waals surface area contributed by atoms with E-state index < -0.39 is 17.2 Å². The van der Waals surface area contributed by atoms with Gasteiger partial charge in [0.15, 0.2) is 11.6 Å². The van der Waals surface area contributed by atoms with E-state index in [1.807, 2.05) is 37.3 Å². The van der Waals surface area contributed by atoms with Crippen molar-refractivity contribution in [3.63, 3.8) is 0 Å². The Kier molecular flexibility index (Phi) is 3.43. The molecule has 0 fully saturated rings. The van der Waals surface area contributed by atoms with Crippen molar-refractivity contribution in [2.45, 2.75) is 18.9 Å². The van der Waals surface area contributed by atoms with Gasteiger partial charge in [-0.25, -0.2) is 8.78 Å². The second-order valence-corrected chi connectivity index (χ2v) is 4.32. The van der Waals surface area contributed by atoms with E-state index in [4.69, 9.17) is 5.73 Å². The van der Waals surface area contributed by atoms with Crippen LogP contribution >= 0.6 is 0 Å². The summed E-state index contributed by atoms with van der Waals surface area (Å²) >= 11 is 0. The van der Waals surface area contributed by atoms with Gasteiger partial charge < -0.3 is 5.73 Å². The van der Waals surface area contributed by atoms with Crippen LogP contribution in [0.3, 0.4) is 0 Å². The van der Waals surface area contributed by atoms with Crippen molar-refractivity contribution in [2.75, 3.05) is 0 Å². The van der Waals surface area contributed by atoms with Crippen LogP contribution in [-0.2, 0) is 5.54 Å². The first-order chi connectivity index (χ1) is 8.58. The molecule has 0 aliphatic carbocycles. The molecule has 0 saturated carbocycles. The minimum absolute atomic E-state index is 0.579. The molecule has 3 heteroatoms. The fraction of sp³-hybridized carbons (Fsp3) is 0.200. The van der Waals surface area contributed by atoms with Crippen LogP contribution in [0.15, 0.2) is 48.5 Å². The molecule has 0 saturated heterocycles. The number of hydrogen-bond donors (Lipinski definition) is 1. The Bertz CT molecular complexity index is 539. The van der Waals surface area contributed by atoms with E-state index >= 15 is 0 Å². The Balaban J connectivity index is 2.53. The summed E-state index contributed by atoms with van der Waals surface area (Å²) in [6.07, 6.45) is 0.599. The maximum Gasteiger partial charge on any atom is 0.159 e. The lowest BCUT2D eigenvalue weighted by molar-refractivity contribution is 0.485. The summed E-state index contributed by atoms with van der Waals surface area (Å²) < 4.78 is 26.3. The van der Waals surface area contributed by atoms with Gasteiger partial charge in [-0.15, -0.1) is 0 Å². The van der Waals surface area contributed by atoms with Crippen molar-refractivity contribution in [1.82, 2.24) is 0 Å². The lowest BCUT2D eigenvalue weighted by Crippen LogP contribution is -2.37. The molecule has 2 rings (SSSR count). The van der Waals surface area contributed by atoms with Crippen molar-refractivity contribution in [3.05, 3.63) is 71.3 Å². The fourth-order valence-electron chi connectivity index (χ4n) is 2.08. The molecule has 2 N–H and O–H groups in total. The molecule has 2 aromatic carbocycles. The Morgan fingerprint density at radius 3 is 2.17 bits per heavy atom. The van der Waals surface area contributed by atoms with Crippen LogP contribution < -0.4 is 5.73 Å². The summed E-state index contributed by atoms with van der Waals surface area (Å²) in [5.74, 6) is -1.73. The van der Waals surface area contributed by atoms with E-state index in [0.717, 1.165) is 11.6 Å². The zero-order valence-corrected chi connectivity index (χ0v) is 10.2. The van der Waals surface area contributed by atoms with Crippen LogP contribution in [0.5, 0.6) is 0 Å². The molecule has 1 nitrogen and oxygen atoms in total. The minimum atomic E-state index is -0.869. The maximum atomic E-state index is 13.3. The first kappa shape index (κ1) is 12.7. The van der Waals surface area contributed by atoms with Crippen molar-refractivity contribution in [1.29, 1.82) is 0 Å². The molecule has 0 aromatic heterocycles. The zero-order chi connectivity index (χ0) is 13.2. The van der Waals surface area contributed by atoms with E-state index in [-0.39, 0.29) is 0 Å². The van der Waals surface area contributed by atoms with Crippen molar-refractivity contribution in [2.24, 2.45) is 5.73 Å². The van der Waals surface area contributed by atoms with Gasteiger partial charge in [-0.05, 0) is 29.7 Å². The summed E-state index contributed by atoms with van der Waals surface area (Å²) in [7, 11) is 0. The number of halogens is 2. The molecule has 0 spiro atoms. The molecular formula is C15H15F2N. The topological polar surface area (TPSA) is 26.0 Å². The van der Waals surface area contributed by atoms with Gasteiger partial charge in [-0.2, -0.15) is 0 Å². The Labute approximate surface area is 105 Å². The third-order valence-electron chi connectivity index (χ3n) is 3.28. The van der Waals surface area contributed by atoms with E-state index in [9.17, 15) is 8.78 Å². The normalized spacial score (nSPS) is 14.2. The lowest BCUT2D eigenvalue weighted by atomic mass is 9.81. The molecule has 0 bridgehead atoms. The van der Waals surface area contributed by atoms with Gasteiger partial charge in [0.25, 0.3) is 0 Å². The summed E-state index contributed by atoms with van der Waals surface area (Å²) in [4.78, 5) is 0. The zero-order valence-electron chi connectivity index (χ0n) is 10.2. The predicted octanol–water partition coefficient (Wildman–Crippen LogP) is 3.58. The highest BCUT2D eigenvalue weighted by molar-refractivity contribution is 5.38. The molecule has 0 aliphatic rings. The molecule has 18 heavy (non-hydrogen) atoms. The monoisotopic (exact) mass is 247 g/mol. The van der Waals surface area contributed by atoms with Gasteiger partial charge >= 0.3 is 0 Å². The SMILES string of the molecule is CCC(N)(c1ccccc1)c1ccc(F)c(F)c1. The standard InChI is InChI=1S/C15H15F2N/c1-2-15(18,11-6-4-3-5-7-11)12-8-9-13(16)14(17)10-12/h3-10H,2,18H2,1H3. The average molecular weight is 247 g/mol. The largest absolute Gasteiger partial charge is 0.318 e. The summed E-state index contributed by atoms with van der Waals surface area (Å²) in [6, 6.07) is 13.3. The van der Waals surface area contributed by atoms with Crippen molar-refractivity contribution >= 4 is 0 Å². The molecule has 0 heterocycles. The smallest absolute Gasteiger partial charge is 0.159 e. The number of nitrogens with two attached hydrogens (primary N) is 1. The van der Waals surface area contributed by atoms with E-state index in [2.05, 4.69) is 0 Å². The quantitative estimate of drug-likeness (QED) is 0.881. The highest BCUT2D eigenvalue weighted by atomic mass is 19.2. The van der Waals surface area contributed by atoms with Gasteiger partial charge in [-0.3, -0.25) is 0 Å². The third-order valence-corrected chi connectivity index (χ3v) is 3.28. The van der Waals surface area contributed by atoms with Gasteiger partial charge in [0, 0.05) is 0 Å². The number of hydrogen-bond acceptors (Lipinski definition) is 1. The van der Waals surface area contributed by atoms with Crippen LogP contribution in [0.25, 0.3) is 0 Å². The van der Waals surface area contributed by atoms with E-state index in [1.54, 1.807) is 0 Å². The second kappa shape index (κ2) is 4.86. The molecule has 0 aliphatic heterocycles. The molecule has 0 radical (unpaired) electrons. The van der Waals surface area contributed by atoms with Crippen LogP contribution in [-0.4, -0.2) is 0 Å². The predicted molar refractivity (Wildman–Crippen MR) is 68.1 cm³/mol. The molecule has 94 valence electrons. The Hall–Kier alpha value is -1.74. The highest BCUT2D eigenvalue weighted by Gasteiger charge is 2.28. The summed E-state index contributed by atoms with van der Waals surface area (Å²) in [5, 5.41) is 0. The second-order valence-electron chi connectivity index (χ2n) is 4.32. The number of benzene rings is 2.